The lowest BCUT2D eigenvalue weighted by Gasteiger charge is -2.27. The van der Waals surface area contributed by atoms with Gasteiger partial charge in [0, 0.05) is 5.69 Å². The summed E-state index contributed by atoms with van der Waals surface area (Å²) in [4.78, 5) is 17.2. The molecular formula is C21H23N3OS. The Morgan fingerprint density at radius 1 is 1.38 bits per heavy atom. The summed E-state index contributed by atoms with van der Waals surface area (Å²) in [5.74, 6) is -0.0125. The van der Waals surface area contributed by atoms with Crippen molar-refractivity contribution in [1.82, 2.24) is 10.3 Å². The highest BCUT2D eigenvalue weighted by Gasteiger charge is 2.25. The molecule has 5 heteroatoms. The van der Waals surface area contributed by atoms with E-state index in [-0.39, 0.29) is 17.2 Å². The molecule has 4 nitrogen and oxygen atoms in total. The number of benzene rings is 1. The van der Waals surface area contributed by atoms with Crippen LogP contribution in [0.1, 0.15) is 53.8 Å². The molecule has 0 saturated heterocycles. The Hall–Kier alpha value is -2.32. The minimum Gasteiger partial charge on any atom is -0.348 e. The number of carbonyl (C=O) groups is 1. The summed E-state index contributed by atoms with van der Waals surface area (Å²) in [5.41, 5.74) is 4.87. The second-order valence-corrected chi connectivity index (χ2v) is 8.11. The maximum Gasteiger partial charge on any atom is 0.233 e. The number of nitrogens with zero attached hydrogens (tertiary/aromatic N) is 2. The molecule has 1 aromatic heterocycles. The molecule has 0 saturated carbocycles. The van der Waals surface area contributed by atoms with Gasteiger partial charge in [-0.2, -0.15) is 5.26 Å². The summed E-state index contributed by atoms with van der Waals surface area (Å²) in [6.07, 6.45) is 3.12. The standard InChI is InChI=1S/C21H23N3OS/c1-13-11-14(2)23-21(18(13)12-22)26-15(3)20(25)24-19-10-6-8-16-7-4-5-9-17(16)19/h4-5,7,9,11,15,19H,6,8,10H2,1-3H3,(H,24,25)/t15-,19-/m1/s1. The third kappa shape index (κ3) is 3.91. The summed E-state index contributed by atoms with van der Waals surface area (Å²) in [7, 11) is 0. The van der Waals surface area contributed by atoms with Gasteiger partial charge in [0.2, 0.25) is 5.91 Å². The molecule has 2 aromatic rings. The van der Waals surface area contributed by atoms with Crippen molar-refractivity contribution in [3.8, 4) is 6.07 Å². The number of pyridine rings is 1. The number of thioether (sulfide) groups is 1. The second-order valence-electron chi connectivity index (χ2n) is 6.78. The van der Waals surface area contributed by atoms with Crippen molar-refractivity contribution in [1.29, 1.82) is 5.26 Å². The number of aryl methyl sites for hydroxylation is 3. The van der Waals surface area contributed by atoms with Gasteiger partial charge in [0.15, 0.2) is 0 Å². The molecule has 1 aliphatic rings. The number of hydrogen-bond acceptors (Lipinski definition) is 4. The van der Waals surface area contributed by atoms with Crippen LogP contribution in [0.3, 0.4) is 0 Å². The van der Waals surface area contributed by atoms with Crippen molar-refractivity contribution in [3.63, 3.8) is 0 Å². The van der Waals surface area contributed by atoms with Gasteiger partial charge >= 0.3 is 0 Å². The van der Waals surface area contributed by atoms with Crippen molar-refractivity contribution >= 4 is 17.7 Å². The van der Waals surface area contributed by atoms with E-state index < -0.39 is 0 Å². The van der Waals surface area contributed by atoms with E-state index >= 15 is 0 Å². The highest BCUT2D eigenvalue weighted by Crippen LogP contribution is 2.31. The summed E-state index contributed by atoms with van der Waals surface area (Å²) < 4.78 is 0. The molecule has 26 heavy (non-hydrogen) atoms. The Bertz CT molecular complexity index is 872. The number of carbonyl (C=O) groups excluding carboxylic acids is 1. The molecule has 1 aromatic carbocycles. The average Bonchev–Trinajstić information content (AvgIpc) is 2.61. The lowest BCUT2D eigenvalue weighted by Crippen LogP contribution is -2.36. The van der Waals surface area contributed by atoms with Crippen molar-refractivity contribution in [2.75, 3.05) is 0 Å². The number of aromatic nitrogens is 1. The first-order valence-corrected chi connectivity index (χ1v) is 9.80. The van der Waals surface area contributed by atoms with E-state index in [4.69, 9.17) is 0 Å². The molecule has 1 aliphatic carbocycles. The zero-order chi connectivity index (χ0) is 18.7. The monoisotopic (exact) mass is 365 g/mol. The van der Waals surface area contributed by atoms with Gasteiger partial charge < -0.3 is 5.32 Å². The first-order valence-electron chi connectivity index (χ1n) is 8.92. The number of hydrogen-bond donors (Lipinski definition) is 1. The van der Waals surface area contributed by atoms with Gasteiger partial charge in [-0.05, 0) is 62.8 Å². The lowest BCUT2D eigenvalue weighted by atomic mass is 9.88. The van der Waals surface area contributed by atoms with Crippen LogP contribution in [-0.4, -0.2) is 16.1 Å². The molecule has 0 spiro atoms. The minimum atomic E-state index is -0.315. The summed E-state index contributed by atoms with van der Waals surface area (Å²) in [6, 6.07) is 12.5. The fourth-order valence-electron chi connectivity index (χ4n) is 3.44. The smallest absolute Gasteiger partial charge is 0.233 e. The number of nitriles is 1. The number of rotatable bonds is 4. The van der Waals surface area contributed by atoms with E-state index in [0.29, 0.717) is 10.6 Å². The van der Waals surface area contributed by atoms with Crippen LogP contribution in [-0.2, 0) is 11.2 Å². The fraction of sp³-hybridized carbons (Fsp3) is 0.381. The predicted molar refractivity (Wildman–Crippen MR) is 104 cm³/mol. The molecule has 0 aliphatic heterocycles. The van der Waals surface area contributed by atoms with Crippen LogP contribution in [0.25, 0.3) is 0 Å². The second kappa shape index (κ2) is 7.92. The van der Waals surface area contributed by atoms with Crippen molar-refractivity contribution in [3.05, 3.63) is 58.3 Å². The van der Waals surface area contributed by atoms with E-state index in [1.54, 1.807) is 0 Å². The zero-order valence-electron chi connectivity index (χ0n) is 15.4. The maximum atomic E-state index is 12.8. The van der Waals surface area contributed by atoms with Crippen LogP contribution < -0.4 is 5.32 Å². The number of fused-ring (bicyclic) bond motifs is 1. The Morgan fingerprint density at radius 2 is 2.15 bits per heavy atom. The molecule has 3 rings (SSSR count). The first-order chi connectivity index (χ1) is 12.5. The van der Waals surface area contributed by atoms with Gasteiger partial charge in [-0.15, -0.1) is 0 Å². The summed E-state index contributed by atoms with van der Waals surface area (Å²) in [5, 5.41) is 12.9. The van der Waals surface area contributed by atoms with Crippen molar-refractivity contribution in [2.45, 2.75) is 56.4 Å². The zero-order valence-corrected chi connectivity index (χ0v) is 16.2. The summed E-state index contributed by atoms with van der Waals surface area (Å²) >= 11 is 1.36. The predicted octanol–water partition coefficient (Wildman–Crippen LogP) is 4.24. The van der Waals surface area contributed by atoms with Gasteiger partial charge in [0.05, 0.1) is 16.9 Å². The molecule has 1 N–H and O–H groups in total. The van der Waals surface area contributed by atoms with Gasteiger partial charge in [-0.25, -0.2) is 4.98 Å². The Labute approximate surface area is 159 Å². The Morgan fingerprint density at radius 3 is 2.92 bits per heavy atom. The lowest BCUT2D eigenvalue weighted by molar-refractivity contribution is -0.121. The van der Waals surface area contributed by atoms with Crippen LogP contribution in [0, 0.1) is 25.2 Å². The highest BCUT2D eigenvalue weighted by molar-refractivity contribution is 8.00. The topological polar surface area (TPSA) is 65.8 Å². The third-order valence-electron chi connectivity index (χ3n) is 4.77. The van der Waals surface area contributed by atoms with Crippen LogP contribution in [0.2, 0.25) is 0 Å². The highest BCUT2D eigenvalue weighted by atomic mass is 32.2. The fourth-order valence-corrected chi connectivity index (χ4v) is 4.47. The Balaban J connectivity index is 1.73. The van der Waals surface area contributed by atoms with E-state index in [9.17, 15) is 10.1 Å². The van der Waals surface area contributed by atoms with Crippen LogP contribution in [0.15, 0.2) is 35.4 Å². The van der Waals surface area contributed by atoms with E-state index in [1.807, 2.05) is 32.9 Å². The SMILES string of the molecule is Cc1cc(C)c(C#N)c(S[C@H](C)C(=O)N[C@@H]2CCCc3ccccc32)n1. The summed E-state index contributed by atoms with van der Waals surface area (Å²) in [6.45, 7) is 5.68. The molecule has 0 fully saturated rings. The number of nitrogens with one attached hydrogen (secondary N) is 1. The van der Waals surface area contributed by atoms with Gasteiger partial charge in [-0.1, -0.05) is 36.0 Å². The normalized spacial score (nSPS) is 17.1. The average molecular weight is 366 g/mol. The molecule has 1 amide bonds. The quantitative estimate of drug-likeness (QED) is 0.823. The van der Waals surface area contributed by atoms with E-state index in [2.05, 4.69) is 34.6 Å². The maximum absolute atomic E-state index is 12.8. The largest absolute Gasteiger partial charge is 0.348 e. The first kappa shape index (κ1) is 18.5. The van der Waals surface area contributed by atoms with Crippen molar-refractivity contribution < 1.29 is 4.79 Å². The van der Waals surface area contributed by atoms with Gasteiger partial charge in [-0.3, -0.25) is 4.79 Å². The molecule has 2 atom stereocenters. The minimum absolute atomic E-state index is 0.0125. The van der Waals surface area contributed by atoms with E-state index in [1.165, 1.54) is 22.9 Å². The molecule has 134 valence electrons. The molecule has 0 unspecified atom stereocenters. The Kier molecular flexibility index (Phi) is 5.63. The molecule has 1 heterocycles. The molecule has 0 radical (unpaired) electrons. The van der Waals surface area contributed by atoms with Crippen LogP contribution >= 0.6 is 11.8 Å². The molecular weight excluding hydrogens is 342 g/mol. The van der Waals surface area contributed by atoms with Crippen LogP contribution in [0.4, 0.5) is 0 Å². The van der Waals surface area contributed by atoms with Crippen molar-refractivity contribution in [2.24, 2.45) is 0 Å². The van der Waals surface area contributed by atoms with Crippen LogP contribution in [0.5, 0.6) is 0 Å². The number of amides is 1. The van der Waals surface area contributed by atoms with E-state index in [0.717, 1.165) is 30.5 Å². The third-order valence-corrected chi connectivity index (χ3v) is 5.85. The molecule has 0 bridgehead atoms. The van der Waals surface area contributed by atoms with Gasteiger partial charge in [0.1, 0.15) is 11.1 Å². The van der Waals surface area contributed by atoms with Gasteiger partial charge in [0.25, 0.3) is 0 Å².